The standard InChI is InChI=1S/C42H34/c1-42(2,3)31-26-27-38-39(28-31)41(35-23-13-11-21-33(35)30-18-8-5-9-19-30)37-25-15-14-24-36(37)40(38)34-22-12-10-20-32(34)29-16-6-4-7-17-29/h4-28H,1-3H3. The molecule has 0 amide bonds. The summed E-state index contributed by atoms with van der Waals surface area (Å²) in [4.78, 5) is 0. The minimum atomic E-state index is 0.0260. The Labute approximate surface area is 248 Å². The molecule has 0 unspecified atom stereocenters. The highest BCUT2D eigenvalue weighted by Gasteiger charge is 2.22. The van der Waals surface area contributed by atoms with Gasteiger partial charge in [0.25, 0.3) is 0 Å². The highest BCUT2D eigenvalue weighted by Crippen LogP contribution is 2.48. The van der Waals surface area contributed by atoms with E-state index in [2.05, 4.69) is 172 Å². The molecule has 0 saturated heterocycles. The number of hydrogen-bond donors (Lipinski definition) is 0. The molecule has 0 saturated carbocycles. The highest BCUT2D eigenvalue weighted by atomic mass is 14.3. The second-order valence-electron chi connectivity index (χ2n) is 12.1. The van der Waals surface area contributed by atoms with E-state index in [-0.39, 0.29) is 5.41 Å². The van der Waals surface area contributed by atoms with Crippen LogP contribution < -0.4 is 0 Å². The SMILES string of the molecule is CC(C)(C)c1ccc2c(-c3ccccc3-c3ccccc3)c3ccccc3c(-c3ccccc3-c3ccccc3)c2c1. The fraction of sp³-hybridized carbons (Fsp3) is 0.0952. The van der Waals surface area contributed by atoms with E-state index in [0.717, 1.165) is 0 Å². The zero-order valence-corrected chi connectivity index (χ0v) is 24.4. The molecule has 0 N–H and O–H groups in total. The number of benzene rings is 7. The quantitative estimate of drug-likeness (QED) is 0.196. The topological polar surface area (TPSA) is 0 Å². The first-order valence-corrected chi connectivity index (χ1v) is 14.8. The lowest BCUT2D eigenvalue weighted by molar-refractivity contribution is 0.591. The fourth-order valence-corrected chi connectivity index (χ4v) is 6.37. The van der Waals surface area contributed by atoms with Crippen LogP contribution in [0.5, 0.6) is 0 Å². The van der Waals surface area contributed by atoms with E-state index in [9.17, 15) is 0 Å². The lowest BCUT2D eigenvalue weighted by Gasteiger charge is -2.24. The average molecular weight is 539 g/mol. The summed E-state index contributed by atoms with van der Waals surface area (Å²) in [5, 5.41) is 5.12. The summed E-state index contributed by atoms with van der Waals surface area (Å²) < 4.78 is 0. The summed E-state index contributed by atoms with van der Waals surface area (Å²) in [6, 6.07) is 55.4. The van der Waals surface area contributed by atoms with Gasteiger partial charge in [-0.1, -0.05) is 166 Å². The molecule has 0 aliphatic rings. The normalized spacial score (nSPS) is 11.7. The predicted molar refractivity (Wildman–Crippen MR) is 182 cm³/mol. The van der Waals surface area contributed by atoms with Crippen LogP contribution in [0.3, 0.4) is 0 Å². The number of rotatable bonds is 4. The highest BCUT2D eigenvalue weighted by molar-refractivity contribution is 6.23. The largest absolute Gasteiger partial charge is 0.0622 e. The summed E-state index contributed by atoms with van der Waals surface area (Å²) >= 11 is 0. The van der Waals surface area contributed by atoms with Gasteiger partial charge in [-0.3, -0.25) is 0 Å². The van der Waals surface area contributed by atoms with Crippen molar-refractivity contribution < 1.29 is 0 Å². The van der Waals surface area contributed by atoms with Crippen LogP contribution in [0, 0.1) is 0 Å². The molecule has 0 nitrogen and oxygen atoms in total. The minimum absolute atomic E-state index is 0.0260. The zero-order chi connectivity index (χ0) is 28.7. The molecule has 7 aromatic carbocycles. The summed E-state index contributed by atoms with van der Waals surface area (Å²) in [5.41, 5.74) is 11.4. The first kappa shape index (κ1) is 26.0. The Hall–Kier alpha value is -4.94. The van der Waals surface area contributed by atoms with E-state index in [1.54, 1.807) is 0 Å². The lowest BCUT2D eigenvalue weighted by atomic mass is 9.79. The monoisotopic (exact) mass is 538 g/mol. The molecular weight excluding hydrogens is 504 g/mol. The second kappa shape index (κ2) is 10.5. The van der Waals surface area contributed by atoms with Gasteiger partial charge in [0.15, 0.2) is 0 Å². The van der Waals surface area contributed by atoms with Gasteiger partial charge in [0.1, 0.15) is 0 Å². The van der Waals surface area contributed by atoms with Gasteiger partial charge in [-0.2, -0.15) is 0 Å². The molecule has 202 valence electrons. The van der Waals surface area contributed by atoms with Gasteiger partial charge in [-0.05, 0) is 83.1 Å². The molecule has 0 aliphatic heterocycles. The maximum atomic E-state index is 2.45. The summed E-state index contributed by atoms with van der Waals surface area (Å²) in [5.74, 6) is 0. The van der Waals surface area contributed by atoms with Crippen molar-refractivity contribution in [2.24, 2.45) is 0 Å². The van der Waals surface area contributed by atoms with Crippen LogP contribution in [0.4, 0.5) is 0 Å². The molecular formula is C42H34. The van der Waals surface area contributed by atoms with Gasteiger partial charge < -0.3 is 0 Å². The van der Waals surface area contributed by atoms with Crippen LogP contribution in [-0.4, -0.2) is 0 Å². The number of hydrogen-bond acceptors (Lipinski definition) is 0. The van der Waals surface area contributed by atoms with Crippen molar-refractivity contribution in [3.63, 3.8) is 0 Å². The van der Waals surface area contributed by atoms with Crippen LogP contribution in [0.25, 0.3) is 66.1 Å². The Morgan fingerprint density at radius 3 is 1.19 bits per heavy atom. The Morgan fingerprint density at radius 1 is 0.333 bits per heavy atom. The third-order valence-corrected chi connectivity index (χ3v) is 8.45. The lowest BCUT2D eigenvalue weighted by Crippen LogP contribution is -2.10. The molecule has 7 aromatic rings. The Bertz CT molecular complexity index is 2040. The van der Waals surface area contributed by atoms with E-state index in [1.807, 2.05) is 0 Å². The molecule has 0 aliphatic carbocycles. The maximum absolute atomic E-state index is 2.45. The van der Waals surface area contributed by atoms with Crippen LogP contribution in [0.2, 0.25) is 0 Å². The predicted octanol–water partition coefficient (Wildman–Crippen LogP) is 12.0. The first-order valence-electron chi connectivity index (χ1n) is 14.8. The van der Waals surface area contributed by atoms with Gasteiger partial charge in [0.05, 0.1) is 0 Å². The summed E-state index contributed by atoms with van der Waals surface area (Å²) in [7, 11) is 0. The molecule has 0 fully saturated rings. The Kier molecular flexibility index (Phi) is 6.48. The van der Waals surface area contributed by atoms with Crippen molar-refractivity contribution >= 4 is 21.5 Å². The van der Waals surface area contributed by atoms with Crippen LogP contribution in [0.1, 0.15) is 26.3 Å². The fourth-order valence-electron chi connectivity index (χ4n) is 6.37. The van der Waals surface area contributed by atoms with Crippen LogP contribution in [-0.2, 0) is 5.41 Å². The third kappa shape index (κ3) is 4.50. The van der Waals surface area contributed by atoms with E-state index in [0.29, 0.717) is 0 Å². The smallest absolute Gasteiger partial charge is 0.00200 e. The van der Waals surface area contributed by atoms with E-state index in [4.69, 9.17) is 0 Å². The molecule has 0 radical (unpaired) electrons. The van der Waals surface area contributed by atoms with Crippen molar-refractivity contribution in [3.8, 4) is 44.5 Å². The van der Waals surface area contributed by atoms with E-state index >= 15 is 0 Å². The second-order valence-corrected chi connectivity index (χ2v) is 12.1. The molecule has 42 heavy (non-hydrogen) atoms. The molecule has 0 atom stereocenters. The van der Waals surface area contributed by atoms with E-state index in [1.165, 1.54) is 71.6 Å². The van der Waals surface area contributed by atoms with Crippen molar-refractivity contribution in [2.75, 3.05) is 0 Å². The molecule has 0 heterocycles. The van der Waals surface area contributed by atoms with Crippen molar-refractivity contribution in [1.82, 2.24) is 0 Å². The maximum Gasteiger partial charge on any atom is -0.00200 e. The summed E-state index contributed by atoms with van der Waals surface area (Å²) in [6.45, 7) is 6.91. The van der Waals surface area contributed by atoms with Gasteiger partial charge >= 0.3 is 0 Å². The van der Waals surface area contributed by atoms with Crippen molar-refractivity contribution in [2.45, 2.75) is 26.2 Å². The van der Waals surface area contributed by atoms with E-state index < -0.39 is 0 Å². The molecule has 0 bridgehead atoms. The third-order valence-electron chi connectivity index (χ3n) is 8.45. The minimum Gasteiger partial charge on any atom is -0.0622 e. The van der Waals surface area contributed by atoms with Crippen molar-refractivity contribution in [3.05, 3.63) is 157 Å². The molecule has 0 aromatic heterocycles. The molecule has 0 heteroatoms. The Morgan fingerprint density at radius 2 is 0.714 bits per heavy atom. The molecule has 7 rings (SSSR count). The number of fused-ring (bicyclic) bond motifs is 2. The average Bonchev–Trinajstić information content (AvgIpc) is 3.04. The molecule has 0 spiro atoms. The van der Waals surface area contributed by atoms with Gasteiger partial charge in [-0.15, -0.1) is 0 Å². The Balaban J connectivity index is 1.65. The summed E-state index contributed by atoms with van der Waals surface area (Å²) in [6.07, 6.45) is 0. The zero-order valence-electron chi connectivity index (χ0n) is 24.4. The first-order chi connectivity index (χ1) is 20.5. The van der Waals surface area contributed by atoms with Crippen LogP contribution in [0.15, 0.2) is 152 Å². The van der Waals surface area contributed by atoms with Gasteiger partial charge in [0, 0.05) is 0 Å². The van der Waals surface area contributed by atoms with Gasteiger partial charge in [-0.25, -0.2) is 0 Å². The van der Waals surface area contributed by atoms with Gasteiger partial charge in [0.2, 0.25) is 0 Å². The van der Waals surface area contributed by atoms with Crippen molar-refractivity contribution in [1.29, 1.82) is 0 Å². The van der Waals surface area contributed by atoms with Crippen LogP contribution >= 0.6 is 0 Å².